The quantitative estimate of drug-likeness (QED) is 0.865. The van der Waals surface area contributed by atoms with E-state index in [-0.39, 0.29) is 6.04 Å². The second-order valence-electron chi connectivity index (χ2n) is 5.20. The fourth-order valence-electron chi connectivity index (χ4n) is 2.97. The van der Waals surface area contributed by atoms with Crippen LogP contribution in [-0.4, -0.2) is 12.6 Å². The molecule has 1 aliphatic rings. The third-order valence-electron chi connectivity index (χ3n) is 3.92. The summed E-state index contributed by atoms with van der Waals surface area (Å²) in [6.07, 6.45) is 3.58. The van der Waals surface area contributed by atoms with Crippen molar-refractivity contribution in [1.82, 2.24) is 5.32 Å². The fraction of sp³-hybridized carbons (Fsp3) is 0.375. The minimum absolute atomic E-state index is 0.131. The van der Waals surface area contributed by atoms with Crippen molar-refractivity contribution in [2.75, 3.05) is 6.54 Å². The number of nitrogens with one attached hydrogen (secondary N) is 1. The lowest BCUT2D eigenvalue weighted by atomic mass is 9.94. The molecule has 94 valence electrons. The molecular weight excluding hydrogens is 220 g/mol. The first-order chi connectivity index (χ1) is 8.84. The van der Waals surface area contributed by atoms with Crippen LogP contribution in [-0.2, 0) is 0 Å². The Morgan fingerprint density at radius 1 is 1.17 bits per heavy atom. The molecule has 1 saturated heterocycles. The van der Waals surface area contributed by atoms with E-state index in [2.05, 4.69) is 47.8 Å². The van der Waals surface area contributed by atoms with E-state index in [0.29, 0.717) is 6.04 Å². The number of benzene rings is 2. The molecule has 0 aliphatic carbocycles. The summed E-state index contributed by atoms with van der Waals surface area (Å²) in [6.45, 7) is 1.15. The van der Waals surface area contributed by atoms with E-state index in [1.54, 1.807) is 0 Å². The normalized spacial score (nSPS) is 21.3. The Balaban J connectivity index is 1.88. The van der Waals surface area contributed by atoms with Crippen molar-refractivity contribution >= 4 is 10.8 Å². The highest BCUT2D eigenvalue weighted by Crippen LogP contribution is 2.26. The molecule has 2 unspecified atom stereocenters. The summed E-state index contributed by atoms with van der Waals surface area (Å²) < 4.78 is 0. The van der Waals surface area contributed by atoms with Crippen LogP contribution in [0.2, 0.25) is 0 Å². The lowest BCUT2D eigenvalue weighted by Crippen LogP contribution is -2.26. The summed E-state index contributed by atoms with van der Waals surface area (Å²) in [5, 5.41) is 6.10. The van der Waals surface area contributed by atoms with Gasteiger partial charge in [-0.05, 0) is 42.1 Å². The zero-order valence-electron chi connectivity index (χ0n) is 10.6. The molecular formula is C16H20N2. The fourth-order valence-corrected chi connectivity index (χ4v) is 2.97. The summed E-state index contributed by atoms with van der Waals surface area (Å²) in [5.41, 5.74) is 7.68. The molecule has 3 rings (SSSR count). The van der Waals surface area contributed by atoms with E-state index in [0.717, 1.165) is 13.0 Å². The highest BCUT2D eigenvalue weighted by Gasteiger charge is 2.19. The van der Waals surface area contributed by atoms with Crippen molar-refractivity contribution in [3.8, 4) is 0 Å². The second kappa shape index (κ2) is 5.09. The summed E-state index contributed by atoms with van der Waals surface area (Å²) in [7, 11) is 0. The lowest BCUT2D eigenvalue weighted by molar-refractivity contribution is 0.501. The largest absolute Gasteiger partial charge is 0.324 e. The van der Waals surface area contributed by atoms with E-state index in [1.807, 2.05) is 0 Å². The maximum atomic E-state index is 6.40. The van der Waals surface area contributed by atoms with Crippen molar-refractivity contribution in [2.45, 2.75) is 31.3 Å². The highest BCUT2D eigenvalue weighted by molar-refractivity contribution is 5.86. The molecule has 2 atom stereocenters. The maximum absolute atomic E-state index is 6.40. The Bertz CT molecular complexity index is 524. The summed E-state index contributed by atoms with van der Waals surface area (Å²) in [6, 6.07) is 15.7. The molecule has 0 spiro atoms. The predicted molar refractivity (Wildman–Crippen MR) is 76.5 cm³/mol. The summed E-state index contributed by atoms with van der Waals surface area (Å²) >= 11 is 0. The average Bonchev–Trinajstić information content (AvgIpc) is 2.91. The van der Waals surface area contributed by atoms with Gasteiger partial charge in [0.1, 0.15) is 0 Å². The van der Waals surface area contributed by atoms with Gasteiger partial charge < -0.3 is 11.1 Å². The number of rotatable bonds is 3. The van der Waals surface area contributed by atoms with E-state index in [4.69, 9.17) is 5.73 Å². The predicted octanol–water partition coefficient (Wildman–Crippen LogP) is 2.98. The van der Waals surface area contributed by atoms with Crippen LogP contribution in [0.5, 0.6) is 0 Å². The van der Waals surface area contributed by atoms with Gasteiger partial charge in [-0.3, -0.25) is 0 Å². The van der Waals surface area contributed by atoms with Crippen LogP contribution >= 0.6 is 0 Å². The van der Waals surface area contributed by atoms with E-state index < -0.39 is 0 Å². The van der Waals surface area contributed by atoms with Gasteiger partial charge in [0.2, 0.25) is 0 Å². The number of fused-ring (bicyclic) bond motifs is 1. The van der Waals surface area contributed by atoms with Crippen LogP contribution in [0.4, 0.5) is 0 Å². The molecule has 3 N–H and O–H groups in total. The SMILES string of the molecule is NC(CC1CCCN1)c1cccc2ccccc12. The highest BCUT2D eigenvalue weighted by atomic mass is 14.9. The number of nitrogens with two attached hydrogens (primary N) is 1. The molecule has 1 aliphatic heterocycles. The van der Waals surface area contributed by atoms with Crippen LogP contribution in [0.25, 0.3) is 10.8 Å². The Labute approximate surface area is 108 Å². The third-order valence-corrected chi connectivity index (χ3v) is 3.92. The molecule has 0 saturated carbocycles. The lowest BCUT2D eigenvalue weighted by Gasteiger charge is -2.18. The zero-order valence-corrected chi connectivity index (χ0v) is 10.6. The van der Waals surface area contributed by atoms with Gasteiger partial charge in [-0.2, -0.15) is 0 Å². The van der Waals surface area contributed by atoms with Gasteiger partial charge >= 0.3 is 0 Å². The van der Waals surface area contributed by atoms with Crippen LogP contribution in [0, 0.1) is 0 Å². The molecule has 1 heterocycles. The van der Waals surface area contributed by atoms with Crippen molar-refractivity contribution in [3.05, 3.63) is 48.0 Å². The molecule has 18 heavy (non-hydrogen) atoms. The topological polar surface area (TPSA) is 38.0 Å². The van der Waals surface area contributed by atoms with Crippen molar-refractivity contribution in [1.29, 1.82) is 0 Å². The smallest absolute Gasteiger partial charge is 0.0315 e. The first kappa shape index (κ1) is 11.7. The average molecular weight is 240 g/mol. The molecule has 2 aromatic rings. The Morgan fingerprint density at radius 2 is 2.00 bits per heavy atom. The van der Waals surface area contributed by atoms with Gasteiger partial charge in [-0.25, -0.2) is 0 Å². The number of hydrogen-bond acceptors (Lipinski definition) is 2. The van der Waals surface area contributed by atoms with Gasteiger partial charge in [-0.15, -0.1) is 0 Å². The van der Waals surface area contributed by atoms with Crippen LogP contribution in [0.3, 0.4) is 0 Å². The molecule has 2 aromatic carbocycles. The van der Waals surface area contributed by atoms with E-state index in [9.17, 15) is 0 Å². The second-order valence-corrected chi connectivity index (χ2v) is 5.20. The molecule has 1 fully saturated rings. The van der Waals surface area contributed by atoms with E-state index in [1.165, 1.54) is 29.2 Å². The Kier molecular flexibility index (Phi) is 3.31. The van der Waals surface area contributed by atoms with Crippen LogP contribution in [0.1, 0.15) is 30.9 Å². The zero-order chi connectivity index (χ0) is 12.4. The van der Waals surface area contributed by atoms with Crippen molar-refractivity contribution in [3.63, 3.8) is 0 Å². The minimum Gasteiger partial charge on any atom is -0.324 e. The molecule has 0 amide bonds. The van der Waals surface area contributed by atoms with Crippen LogP contribution < -0.4 is 11.1 Å². The van der Waals surface area contributed by atoms with Gasteiger partial charge in [0.05, 0.1) is 0 Å². The van der Waals surface area contributed by atoms with Gasteiger partial charge in [0.15, 0.2) is 0 Å². The molecule has 2 nitrogen and oxygen atoms in total. The van der Waals surface area contributed by atoms with Crippen molar-refractivity contribution < 1.29 is 0 Å². The maximum Gasteiger partial charge on any atom is 0.0315 e. The van der Waals surface area contributed by atoms with Crippen LogP contribution in [0.15, 0.2) is 42.5 Å². The van der Waals surface area contributed by atoms with Crippen molar-refractivity contribution in [2.24, 2.45) is 5.73 Å². The molecule has 0 aromatic heterocycles. The molecule has 0 bridgehead atoms. The monoisotopic (exact) mass is 240 g/mol. The minimum atomic E-state index is 0.131. The first-order valence-electron chi connectivity index (χ1n) is 6.81. The van der Waals surface area contributed by atoms with Gasteiger partial charge in [-0.1, -0.05) is 42.5 Å². The Hall–Kier alpha value is -1.38. The number of hydrogen-bond donors (Lipinski definition) is 2. The van der Waals surface area contributed by atoms with E-state index >= 15 is 0 Å². The summed E-state index contributed by atoms with van der Waals surface area (Å²) in [4.78, 5) is 0. The first-order valence-corrected chi connectivity index (χ1v) is 6.81. The van der Waals surface area contributed by atoms with Gasteiger partial charge in [0.25, 0.3) is 0 Å². The molecule has 0 radical (unpaired) electrons. The third kappa shape index (κ3) is 2.26. The Morgan fingerprint density at radius 3 is 2.83 bits per heavy atom. The van der Waals surface area contributed by atoms with Gasteiger partial charge in [0, 0.05) is 12.1 Å². The molecule has 2 heteroatoms. The summed E-state index contributed by atoms with van der Waals surface area (Å²) in [5.74, 6) is 0. The standard InChI is InChI=1S/C16H20N2/c17-16(11-13-7-4-10-18-13)15-9-3-6-12-5-1-2-8-14(12)15/h1-3,5-6,8-9,13,16,18H,4,7,10-11,17H2.